The van der Waals surface area contributed by atoms with Crippen LogP contribution in [0.4, 0.5) is 0 Å². The van der Waals surface area contributed by atoms with Crippen molar-refractivity contribution in [2.45, 2.75) is 58.8 Å². The zero-order valence-corrected chi connectivity index (χ0v) is 15.1. The molecule has 0 aliphatic heterocycles. The molecule has 0 radical (unpaired) electrons. The molecule has 2 aliphatic rings. The van der Waals surface area contributed by atoms with E-state index >= 15 is 0 Å². The second kappa shape index (κ2) is 8.55. The van der Waals surface area contributed by atoms with E-state index in [1.165, 1.54) is 32.1 Å². The topological polar surface area (TPSA) is 65.5 Å². The van der Waals surface area contributed by atoms with E-state index in [4.69, 9.17) is 0 Å². The van der Waals surface area contributed by atoms with Gasteiger partial charge in [0.2, 0.25) is 5.91 Å². The van der Waals surface area contributed by atoms with Crippen LogP contribution >= 0.6 is 0 Å². The van der Waals surface area contributed by atoms with E-state index < -0.39 is 0 Å². The summed E-state index contributed by atoms with van der Waals surface area (Å²) in [4.78, 5) is 15.9. The van der Waals surface area contributed by atoms with Gasteiger partial charge >= 0.3 is 0 Å². The van der Waals surface area contributed by atoms with Crippen molar-refractivity contribution in [1.29, 1.82) is 0 Å². The fourth-order valence-corrected chi connectivity index (χ4v) is 3.79. The van der Waals surface area contributed by atoms with Gasteiger partial charge in [0.25, 0.3) is 0 Å². The molecule has 2 fully saturated rings. The molecule has 0 aromatic rings. The summed E-state index contributed by atoms with van der Waals surface area (Å²) >= 11 is 0. The predicted molar refractivity (Wildman–Crippen MR) is 95.5 cm³/mol. The number of guanidine groups is 1. The van der Waals surface area contributed by atoms with Crippen LogP contribution in [-0.4, -0.2) is 38.5 Å². The average Bonchev–Trinajstić information content (AvgIpc) is 3.27. The van der Waals surface area contributed by atoms with Crippen LogP contribution in [0.2, 0.25) is 0 Å². The number of nitrogens with one attached hydrogen (secondary N) is 3. The van der Waals surface area contributed by atoms with Gasteiger partial charge in [-0.1, -0.05) is 26.7 Å². The Bertz CT molecular complexity index is 409. The van der Waals surface area contributed by atoms with Gasteiger partial charge in [-0.25, -0.2) is 0 Å². The highest BCUT2D eigenvalue weighted by molar-refractivity contribution is 5.81. The van der Waals surface area contributed by atoms with Crippen molar-refractivity contribution in [2.24, 2.45) is 22.2 Å². The highest BCUT2D eigenvalue weighted by atomic mass is 16.2. The van der Waals surface area contributed by atoms with Gasteiger partial charge in [0.05, 0.1) is 0 Å². The normalized spacial score (nSPS) is 20.6. The van der Waals surface area contributed by atoms with Crippen LogP contribution in [0.15, 0.2) is 4.99 Å². The number of carbonyl (C=O) groups is 1. The first-order chi connectivity index (χ1) is 11.0. The fourth-order valence-electron chi connectivity index (χ4n) is 3.79. The average molecular weight is 322 g/mol. The lowest BCUT2D eigenvalue weighted by molar-refractivity contribution is -0.122. The van der Waals surface area contributed by atoms with Gasteiger partial charge in [0.1, 0.15) is 0 Å². The third kappa shape index (κ3) is 6.04. The quantitative estimate of drug-likeness (QED) is 0.365. The molecule has 0 heterocycles. The molecule has 2 rings (SSSR count). The summed E-state index contributed by atoms with van der Waals surface area (Å²) in [6, 6.07) is 0. The standard InChI is InChI=1S/C18H34N4O/c1-14(2)12-18(8-4-5-9-18)13-22-17(19-3)21-11-10-20-16(23)15-6-7-15/h14-15H,4-13H2,1-3H3,(H,20,23)(H2,19,21,22). The van der Waals surface area contributed by atoms with Crippen LogP contribution in [0.25, 0.3) is 0 Å². The lowest BCUT2D eigenvalue weighted by Gasteiger charge is -2.32. The van der Waals surface area contributed by atoms with Crippen LogP contribution in [0.1, 0.15) is 58.8 Å². The van der Waals surface area contributed by atoms with Crippen molar-refractivity contribution in [3.05, 3.63) is 0 Å². The Morgan fingerprint density at radius 2 is 1.78 bits per heavy atom. The molecule has 3 N–H and O–H groups in total. The summed E-state index contributed by atoms with van der Waals surface area (Å²) in [5.41, 5.74) is 0.436. The summed E-state index contributed by atoms with van der Waals surface area (Å²) in [7, 11) is 1.81. The number of amides is 1. The van der Waals surface area contributed by atoms with Crippen molar-refractivity contribution in [1.82, 2.24) is 16.0 Å². The lowest BCUT2D eigenvalue weighted by Crippen LogP contribution is -2.45. The van der Waals surface area contributed by atoms with Crippen LogP contribution in [0.5, 0.6) is 0 Å². The van der Waals surface area contributed by atoms with Crippen molar-refractivity contribution >= 4 is 11.9 Å². The maximum atomic E-state index is 11.6. The second-order valence-electron chi connectivity index (χ2n) is 7.72. The summed E-state index contributed by atoms with van der Waals surface area (Å²) in [5.74, 6) is 2.07. The number of hydrogen-bond donors (Lipinski definition) is 3. The molecule has 0 spiro atoms. The number of carbonyl (C=O) groups excluding carboxylic acids is 1. The monoisotopic (exact) mass is 322 g/mol. The summed E-state index contributed by atoms with van der Waals surface area (Å²) < 4.78 is 0. The Hall–Kier alpha value is -1.26. The maximum Gasteiger partial charge on any atom is 0.223 e. The zero-order chi connectivity index (χ0) is 16.7. The molecule has 0 unspecified atom stereocenters. The molecular weight excluding hydrogens is 288 g/mol. The molecule has 0 bridgehead atoms. The highest BCUT2D eigenvalue weighted by Crippen LogP contribution is 2.42. The highest BCUT2D eigenvalue weighted by Gasteiger charge is 2.34. The van der Waals surface area contributed by atoms with Crippen LogP contribution in [-0.2, 0) is 4.79 Å². The van der Waals surface area contributed by atoms with Crippen LogP contribution in [0, 0.1) is 17.3 Å². The number of hydrogen-bond acceptors (Lipinski definition) is 2. The van der Waals surface area contributed by atoms with Gasteiger partial charge in [-0.15, -0.1) is 0 Å². The van der Waals surface area contributed by atoms with Gasteiger partial charge in [0, 0.05) is 32.6 Å². The molecule has 1 amide bonds. The minimum absolute atomic E-state index is 0.205. The van der Waals surface area contributed by atoms with Crippen molar-refractivity contribution in [2.75, 3.05) is 26.7 Å². The van der Waals surface area contributed by atoms with Crippen molar-refractivity contribution in [3.63, 3.8) is 0 Å². The minimum atomic E-state index is 0.205. The Kier molecular flexibility index (Phi) is 6.72. The molecule has 132 valence electrons. The molecule has 5 nitrogen and oxygen atoms in total. The molecule has 0 atom stereocenters. The first-order valence-electron chi connectivity index (χ1n) is 9.27. The lowest BCUT2D eigenvalue weighted by atomic mass is 9.78. The van der Waals surface area contributed by atoms with E-state index in [2.05, 4.69) is 34.8 Å². The van der Waals surface area contributed by atoms with Gasteiger partial charge in [-0.2, -0.15) is 0 Å². The summed E-state index contributed by atoms with van der Waals surface area (Å²) in [6.07, 6.45) is 8.76. The molecule has 2 aliphatic carbocycles. The first kappa shape index (κ1) is 18.1. The predicted octanol–water partition coefficient (Wildman–Crippen LogP) is 2.28. The van der Waals surface area contributed by atoms with Crippen LogP contribution in [0.3, 0.4) is 0 Å². The summed E-state index contributed by atoms with van der Waals surface area (Å²) in [5, 5.41) is 9.78. The Morgan fingerprint density at radius 3 is 2.35 bits per heavy atom. The Labute approximate surface area is 141 Å². The Balaban J connectivity index is 1.67. The number of aliphatic imine (C=N–C) groups is 1. The number of nitrogens with zero attached hydrogens (tertiary/aromatic N) is 1. The van der Waals surface area contributed by atoms with Crippen molar-refractivity contribution in [3.8, 4) is 0 Å². The van der Waals surface area contributed by atoms with E-state index in [1.54, 1.807) is 0 Å². The van der Waals surface area contributed by atoms with Gasteiger partial charge in [-0.3, -0.25) is 9.79 Å². The molecule has 0 saturated heterocycles. The van der Waals surface area contributed by atoms with Gasteiger partial charge < -0.3 is 16.0 Å². The van der Waals surface area contributed by atoms with E-state index in [0.29, 0.717) is 12.0 Å². The fraction of sp³-hybridized carbons (Fsp3) is 0.889. The molecule has 2 saturated carbocycles. The maximum absolute atomic E-state index is 11.6. The van der Waals surface area contributed by atoms with Gasteiger partial charge in [0.15, 0.2) is 5.96 Å². The third-order valence-corrected chi connectivity index (χ3v) is 5.02. The molecule has 0 aromatic carbocycles. The second-order valence-corrected chi connectivity index (χ2v) is 7.72. The molecule has 5 heteroatoms. The molecule has 23 heavy (non-hydrogen) atoms. The molecule has 0 aromatic heterocycles. The largest absolute Gasteiger partial charge is 0.356 e. The Morgan fingerprint density at radius 1 is 1.13 bits per heavy atom. The minimum Gasteiger partial charge on any atom is -0.356 e. The molecular formula is C18H34N4O. The van der Waals surface area contributed by atoms with E-state index in [1.807, 2.05) is 7.05 Å². The smallest absolute Gasteiger partial charge is 0.223 e. The zero-order valence-electron chi connectivity index (χ0n) is 15.1. The van der Waals surface area contributed by atoms with E-state index in [9.17, 15) is 4.79 Å². The summed E-state index contributed by atoms with van der Waals surface area (Å²) in [6.45, 7) is 7.01. The number of rotatable bonds is 8. The van der Waals surface area contributed by atoms with E-state index in [-0.39, 0.29) is 11.8 Å². The third-order valence-electron chi connectivity index (χ3n) is 5.02. The van der Waals surface area contributed by atoms with Crippen molar-refractivity contribution < 1.29 is 4.79 Å². The van der Waals surface area contributed by atoms with Crippen LogP contribution < -0.4 is 16.0 Å². The van der Waals surface area contributed by atoms with E-state index in [0.717, 1.165) is 37.8 Å². The first-order valence-corrected chi connectivity index (χ1v) is 9.27. The van der Waals surface area contributed by atoms with Gasteiger partial charge in [-0.05, 0) is 43.4 Å². The SMILES string of the molecule is CN=C(NCCNC(=O)C1CC1)NCC1(CC(C)C)CCCC1.